The van der Waals surface area contributed by atoms with Gasteiger partial charge in [-0.25, -0.2) is 4.79 Å². The van der Waals surface area contributed by atoms with E-state index in [-0.39, 0.29) is 45.1 Å². The topological polar surface area (TPSA) is 163 Å². The molecule has 2 saturated heterocycles. The predicted octanol–water partition coefficient (Wildman–Crippen LogP) is 3.75. The number of Topliss-reactive ketones (excluding diaryl/α,β-unsaturated/α-hetero) is 1. The number of hydrogen-bond donors (Lipinski definition) is 4. The van der Waals surface area contributed by atoms with E-state index in [1.165, 1.54) is 0 Å². The van der Waals surface area contributed by atoms with Crippen molar-refractivity contribution in [2.75, 3.05) is 32.8 Å². The van der Waals surface area contributed by atoms with Crippen LogP contribution >= 0.6 is 0 Å². The van der Waals surface area contributed by atoms with Crippen LogP contribution in [0.4, 0.5) is 4.79 Å². The van der Waals surface area contributed by atoms with Crippen LogP contribution in [-0.2, 0) is 23.9 Å². The molecule has 2 heterocycles. The van der Waals surface area contributed by atoms with Crippen LogP contribution in [0.5, 0.6) is 0 Å². The minimum Gasteiger partial charge on any atom is -0.378 e. The van der Waals surface area contributed by atoms with Gasteiger partial charge >= 0.3 is 6.03 Å². The van der Waals surface area contributed by atoms with Crippen molar-refractivity contribution in [3.63, 3.8) is 0 Å². The second-order valence-electron chi connectivity index (χ2n) is 19.8. The van der Waals surface area contributed by atoms with Gasteiger partial charge in [0, 0.05) is 36.6 Å². The number of nitrogens with two attached hydrogens (primary N) is 1. The Morgan fingerprint density at radius 2 is 1.53 bits per heavy atom. The van der Waals surface area contributed by atoms with Gasteiger partial charge in [0.1, 0.15) is 12.1 Å². The monoisotopic (exact) mass is 715 g/mol. The van der Waals surface area contributed by atoms with Crippen molar-refractivity contribution < 1.29 is 28.7 Å². The van der Waals surface area contributed by atoms with E-state index in [1.54, 1.807) is 4.90 Å². The van der Waals surface area contributed by atoms with Crippen molar-refractivity contribution in [2.45, 2.75) is 150 Å². The van der Waals surface area contributed by atoms with Gasteiger partial charge in [-0.1, -0.05) is 81.1 Å². The number of urea groups is 1. The smallest absolute Gasteiger partial charge is 0.315 e. The molecule has 5 N–H and O–H groups in total. The number of primary amides is 1. The van der Waals surface area contributed by atoms with Crippen LogP contribution in [0.2, 0.25) is 0 Å². The van der Waals surface area contributed by atoms with Crippen LogP contribution < -0.4 is 21.7 Å². The van der Waals surface area contributed by atoms with Gasteiger partial charge in [0.2, 0.25) is 17.6 Å². The molecule has 1 unspecified atom stereocenters. The summed E-state index contributed by atoms with van der Waals surface area (Å²) < 4.78 is 5.73. The van der Waals surface area contributed by atoms with E-state index in [2.05, 4.69) is 69.3 Å². The van der Waals surface area contributed by atoms with E-state index in [1.807, 2.05) is 20.8 Å². The number of rotatable bonds is 11. The molecule has 5 amide bonds. The van der Waals surface area contributed by atoms with Gasteiger partial charge in [-0.2, -0.15) is 0 Å². The molecule has 12 nitrogen and oxygen atoms in total. The lowest BCUT2D eigenvalue weighted by atomic mass is 9.73. The first-order chi connectivity index (χ1) is 23.5. The Hall–Kier alpha value is -2.73. The summed E-state index contributed by atoms with van der Waals surface area (Å²) in [7, 11) is 0. The number of ether oxygens (including phenoxy) is 1. The normalized spacial score (nSPS) is 28.6. The first kappa shape index (κ1) is 39.5. The highest BCUT2D eigenvalue weighted by molar-refractivity contribution is 6.37. The molecule has 3 saturated carbocycles. The van der Waals surface area contributed by atoms with E-state index in [4.69, 9.17) is 10.5 Å². The third-order valence-corrected chi connectivity index (χ3v) is 14.0. The number of carbonyl (C=O) groups excluding carboxylic acids is 5. The molecule has 288 valence electrons. The van der Waals surface area contributed by atoms with E-state index >= 15 is 0 Å². The molecular formula is C39H66N6O6. The van der Waals surface area contributed by atoms with Crippen LogP contribution in [-0.4, -0.2) is 102 Å². The van der Waals surface area contributed by atoms with E-state index in [0.29, 0.717) is 39.1 Å². The number of fused-ring (bicyclic) bond motifs is 1. The first-order valence-corrected chi connectivity index (χ1v) is 19.3. The van der Waals surface area contributed by atoms with Crippen molar-refractivity contribution >= 4 is 29.5 Å². The summed E-state index contributed by atoms with van der Waals surface area (Å²) >= 11 is 0. The minimum absolute atomic E-state index is 0.0527. The highest BCUT2D eigenvalue weighted by Gasteiger charge is 2.85. The number of morpholine rings is 1. The van der Waals surface area contributed by atoms with Crippen molar-refractivity contribution in [2.24, 2.45) is 38.7 Å². The average Bonchev–Trinajstić information content (AvgIpc) is 3.19. The lowest BCUT2D eigenvalue weighted by Crippen LogP contribution is -2.63. The van der Waals surface area contributed by atoms with Crippen molar-refractivity contribution in [3.8, 4) is 0 Å². The summed E-state index contributed by atoms with van der Waals surface area (Å²) in [4.78, 5) is 72.1. The van der Waals surface area contributed by atoms with E-state index < -0.39 is 47.2 Å². The van der Waals surface area contributed by atoms with E-state index in [9.17, 15) is 24.0 Å². The summed E-state index contributed by atoms with van der Waals surface area (Å²) in [5.41, 5.74) is 4.02. The van der Waals surface area contributed by atoms with Gasteiger partial charge in [0.15, 0.2) is 0 Å². The fourth-order valence-corrected chi connectivity index (χ4v) is 9.93. The van der Waals surface area contributed by atoms with Crippen LogP contribution in [0.25, 0.3) is 0 Å². The standard InChI is InChI=1S/C39H66N6O6/c1-34(2,3)27(21-44-17-18-51-23-36(44,7)8)42-33(50)43-29(35(4,5)6)32(49)45-22-39(37(9,10)38(39)15-12-16-38)20-26(45)31(48)41-25(28(46)30(40)47)19-24-13-11-14-24/h24-27,29H,11-23H2,1-10H3,(H2,40,47)(H,41,48)(H2,42,43,50)/t25?,26-,27+,29+,39+/m0/s1. The van der Waals surface area contributed by atoms with Gasteiger partial charge in [-0.3, -0.25) is 24.1 Å². The molecule has 5 fully saturated rings. The Balaban J connectivity index is 1.39. The number of carbonyl (C=O) groups is 5. The summed E-state index contributed by atoms with van der Waals surface area (Å²) in [6.45, 7) is 23.9. The Morgan fingerprint density at radius 3 is 2.00 bits per heavy atom. The van der Waals surface area contributed by atoms with Crippen LogP contribution in [0.3, 0.4) is 0 Å². The fraction of sp³-hybridized carbons (Fsp3) is 0.872. The highest BCUT2D eigenvalue weighted by Crippen LogP contribution is 2.88. The molecule has 5 rings (SSSR count). The summed E-state index contributed by atoms with van der Waals surface area (Å²) in [5, 5.41) is 9.16. The summed E-state index contributed by atoms with van der Waals surface area (Å²) in [6, 6.07) is -3.45. The Morgan fingerprint density at radius 1 is 0.882 bits per heavy atom. The maximum absolute atomic E-state index is 14.9. The molecule has 3 aliphatic carbocycles. The van der Waals surface area contributed by atoms with Gasteiger partial charge in [0.05, 0.1) is 19.3 Å². The van der Waals surface area contributed by atoms with E-state index in [0.717, 1.165) is 45.1 Å². The molecule has 0 bridgehead atoms. The van der Waals surface area contributed by atoms with Crippen LogP contribution in [0.1, 0.15) is 121 Å². The number of ketones is 1. The third kappa shape index (κ3) is 7.17. The Kier molecular flexibility index (Phi) is 10.5. The molecule has 2 aliphatic heterocycles. The maximum Gasteiger partial charge on any atom is 0.315 e. The number of nitrogens with one attached hydrogen (secondary N) is 3. The molecule has 0 radical (unpaired) electrons. The van der Waals surface area contributed by atoms with Crippen molar-refractivity contribution in [1.29, 1.82) is 0 Å². The molecule has 0 aromatic rings. The molecule has 12 heteroatoms. The minimum atomic E-state index is -1.07. The lowest BCUT2D eigenvalue weighted by molar-refractivity contribution is -0.143. The SMILES string of the molecule is CC(C)(C)[C@H](NC(=O)N[C@H](CN1CCOCC1(C)C)C(C)(C)C)C(=O)N1C[C@]2(C[C@H]1C(=O)NC(CC1CCC1)C(=O)C(N)=O)C(C)(C)C21CCC1. The third-order valence-electron chi connectivity index (χ3n) is 14.0. The molecule has 0 aromatic carbocycles. The quantitative estimate of drug-likeness (QED) is 0.237. The number of amides is 5. The number of nitrogens with zero attached hydrogens (tertiary/aromatic N) is 2. The zero-order valence-electron chi connectivity index (χ0n) is 33.0. The number of hydrogen-bond acceptors (Lipinski definition) is 7. The Labute approximate surface area is 305 Å². The van der Waals surface area contributed by atoms with Gasteiger partial charge in [-0.05, 0) is 67.1 Å². The zero-order chi connectivity index (χ0) is 37.9. The largest absolute Gasteiger partial charge is 0.378 e. The second kappa shape index (κ2) is 13.6. The molecule has 5 aliphatic rings. The average molecular weight is 715 g/mol. The molecular weight excluding hydrogens is 648 g/mol. The summed E-state index contributed by atoms with van der Waals surface area (Å²) in [6.07, 6.45) is 6.99. The number of likely N-dealkylation sites (tertiary alicyclic amines) is 1. The van der Waals surface area contributed by atoms with Crippen molar-refractivity contribution in [1.82, 2.24) is 25.8 Å². The maximum atomic E-state index is 14.9. The molecule has 5 atom stereocenters. The lowest BCUT2D eigenvalue weighted by Gasteiger charge is -2.46. The molecule has 0 aromatic heterocycles. The second-order valence-corrected chi connectivity index (χ2v) is 19.8. The molecule has 51 heavy (non-hydrogen) atoms. The highest BCUT2D eigenvalue weighted by atomic mass is 16.5. The Bertz CT molecular complexity index is 1390. The summed E-state index contributed by atoms with van der Waals surface area (Å²) in [5.74, 6) is -2.38. The predicted molar refractivity (Wildman–Crippen MR) is 195 cm³/mol. The first-order valence-electron chi connectivity index (χ1n) is 19.3. The van der Waals surface area contributed by atoms with Crippen molar-refractivity contribution in [3.05, 3.63) is 0 Å². The van der Waals surface area contributed by atoms with Crippen LogP contribution in [0.15, 0.2) is 0 Å². The van der Waals surface area contributed by atoms with Gasteiger partial charge in [0.25, 0.3) is 5.91 Å². The molecule has 2 spiro atoms. The van der Waals surface area contributed by atoms with Gasteiger partial charge < -0.3 is 31.3 Å². The zero-order valence-corrected chi connectivity index (χ0v) is 33.0. The van der Waals surface area contributed by atoms with Crippen LogP contribution in [0, 0.1) is 33.0 Å². The van der Waals surface area contributed by atoms with Gasteiger partial charge in [-0.15, -0.1) is 0 Å². The fourth-order valence-electron chi connectivity index (χ4n) is 9.93.